The maximum atomic E-state index is 12.9. The first kappa shape index (κ1) is 15.0. The number of carbonyl (C=O) groups excluding carboxylic acids is 1. The largest absolute Gasteiger partial charge is 0.355 e. The third-order valence-electron chi connectivity index (χ3n) is 2.30. The zero-order valence-electron chi connectivity index (χ0n) is 10.5. The monoisotopic (exact) mass is 273 g/mol. The summed E-state index contributed by atoms with van der Waals surface area (Å²) >= 11 is 1.19. The predicted molar refractivity (Wildman–Crippen MR) is 69.5 cm³/mol. The molecule has 0 saturated carbocycles. The van der Waals surface area contributed by atoms with Crippen LogP contribution in [0.5, 0.6) is 0 Å². The van der Waals surface area contributed by atoms with Gasteiger partial charge in [0.05, 0.1) is 5.75 Å². The number of nitrogens with one attached hydrogen (secondary N) is 1. The van der Waals surface area contributed by atoms with Crippen LogP contribution in [0.2, 0.25) is 0 Å². The minimum atomic E-state index is -0.889. The number of hydrogen-bond acceptors (Lipinski definition) is 2. The van der Waals surface area contributed by atoms with Crippen molar-refractivity contribution in [2.75, 3.05) is 12.3 Å². The number of rotatable bonds is 6. The lowest BCUT2D eigenvalue weighted by molar-refractivity contribution is -0.118. The Morgan fingerprint density at radius 1 is 1.33 bits per heavy atom. The van der Waals surface area contributed by atoms with Gasteiger partial charge in [0.1, 0.15) is 0 Å². The van der Waals surface area contributed by atoms with Gasteiger partial charge in [0.2, 0.25) is 5.91 Å². The highest BCUT2D eigenvalue weighted by Gasteiger charge is 2.06. The quantitative estimate of drug-likeness (QED) is 0.806. The van der Waals surface area contributed by atoms with Crippen molar-refractivity contribution in [3.63, 3.8) is 0 Å². The molecule has 18 heavy (non-hydrogen) atoms. The van der Waals surface area contributed by atoms with Crippen molar-refractivity contribution in [1.29, 1.82) is 0 Å². The zero-order valence-corrected chi connectivity index (χ0v) is 11.3. The Kier molecular flexibility index (Phi) is 6.12. The third-order valence-corrected chi connectivity index (χ3v) is 3.30. The molecular formula is C13H17F2NOS. The van der Waals surface area contributed by atoms with E-state index in [1.54, 1.807) is 0 Å². The fourth-order valence-corrected chi connectivity index (χ4v) is 2.02. The molecule has 100 valence electrons. The van der Waals surface area contributed by atoms with E-state index in [1.165, 1.54) is 17.8 Å². The molecule has 1 N–H and O–H groups in total. The Bertz CT molecular complexity index is 410. The Balaban J connectivity index is 2.31. The summed E-state index contributed by atoms with van der Waals surface area (Å²) in [5.74, 6) is -1.10. The van der Waals surface area contributed by atoms with Crippen LogP contribution < -0.4 is 5.32 Å². The molecule has 0 aliphatic rings. The van der Waals surface area contributed by atoms with Gasteiger partial charge >= 0.3 is 0 Å². The van der Waals surface area contributed by atoms with Crippen molar-refractivity contribution >= 4 is 17.7 Å². The van der Waals surface area contributed by atoms with Crippen LogP contribution >= 0.6 is 11.8 Å². The van der Waals surface area contributed by atoms with Crippen molar-refractivity contribution in [2.24, 2.45) is 5.92 Å². The number of benzene rings is 1. The van der Waals surface area contributed by atoms with E-state index in [2.05, 4.69) is 19.2 Å². The number of hydrogen-bond donors (Lipinski definition) is 1. The topological polar surface area (TPSA) is 29.1 Å². The highest BCUT2D eigenvalue weighted by molar-refractivity contribution is 8.00. The Morgan fingerprint density at radius 3 is 2.67 bits per heavy atom. The Morgan fingerprint density at radius 2 is 2.06 bits per heavy atom. The van der Waals surface area contributed by atoms with Gasteiger partial charge in [-0.1, -0.05) is 13.8 Å². The lowest BCUT2D eigenvalue weighted by atomic mass is 10.1. The fraction of sp³-hybridized carbons (Fsp3) is 0.462. The van der Waals surface area contributed by atoms with Gasteiger partial charge in [-0.15, -0.1) is 11.8 Å². The molecule has 0 aromatic heterocycles. The molecule has 1 amide bonds. The van der Waals surface area contributed by atoms with Crippen LogP contribution in [-0.4, -0.2) is 18.2 Å². The molecule has 1 aromatic carbocycles. The zero-order chi connectivity index (χ0) is 13.5. The van der Waals surface area contributed by atoms with Crippen LogP contribution in [0.4, 0.5) is 8.78 Å². The second-order valence-electron chi connectivity index (χ2n) is 4.40. The van der Waals surface area contributed by atoms with Gasteiger partial charge < -0.3 is 5.32 Å². The van der Waals surface area contributed by atoms with Crippen LogP contribution in [0, 0.1) is 17.6 Å². The van der Waals surface area contributed by atoms with Gasteiger partial charge in [-0.3, -0.25) is 4.79 Å². The van der Waals surface area contributed by atoms with E-state index in [0.717, 1.165) is 18.6 Å². The average Bonchev–Trinajstić information content (AvgIpc) is 2.30. The van der Waals surface area contributed by atoms with Crippen molar-refractivity contribution in [3.05, 3.63) is 29.8 Å². The molecule has 0 unspecified atom stereocenters. The van der Waals surface area contributed by atoms with Crippen molar-refractivity contribution in [2.45, 2.75) is 25.2 Å². The molecule has 0 fully saturated rings. The van der Waals surface area contributed by atoms with E-state index in [4.69, 9.17) is 0 Å². The number of amides is 1. The second kappa shape index (κ2) is 7.36. The molecule has 0 saturated heterocycles. The summed E-state index contributed by atoms with van der Waals surface area (Å²) in [7, 11) is 0. The van der Waals surface area contributed by atoms with Gasteiger partial charge in [0.25, 0.3) is 0 Å². The number of halogens is 2. The fourth-order valence-electron chi connectivity index (χ4n) is 1.27. The number of carbonyl (C=O) groups is 1. The Labute approximate surface area is 110 Å². The van der Waals surface area contributed by atoms with Crippen molar-refractivity contribution < 1.29 is 13.6 Å². The maximum Gasteiger partial charge on any atom is 0.230 e. The Hall–Kier alpha value is -1.10. The first-order valence-corrected chi connectivity index (χ1v) is 6.82. The second-order valence-corrected chi connectivity index (χ2v) is 5.45. The van der Waals surface area contributed by atoms with Crippen LogP contribution in [0.15, 0.2) is 23.1 Å². The third kappa shape index (κ3) is 5.49. The van der Waals surface area contributed by atoms with Crippen LogP contribution in [0.3, 0.4) is 0 Å². The van der Waals surface area contributed by atoms with Gasteiger partial charge in [0.15, 0.2) is 11.6 Å². The molecule has 0 radical (unpaired) electrons. The van der Waals surface area contributed by atoms with Crippen molar-refractivity contribution in [1.82, 2.24) is 5.32 Å². The summed E-state index contributed by atoms with van der Waals surface area (Å²) in [6.07, 6.45) is 0.932. The molecule has 0 atom stereocenters. The van der Waals surface area contributed by atoms with E-state index in [-0.39, 0.29) is 11.7 Å². The summed E-state index contributed by atoms with van der Waals surface area (Å²) in [5.41, 5.74) is 0. The average molecular weight is 273 g/mol. The highest BCUT2D eigenvalue weighted by Crippen LogP contribution is 2.19. The molecule has 0 spiro atoms. The first-order valence-electron chi connectivity index (χ1n) is 5.83. The van der Waals surface area contributed by atoms with Gasteiger partial charge in [-0.05, 0) is 30.5 Å². The number of thioether (sulfide) groups is 1. The molecular weight excluding hydrogens is 256 g/mol. The molecule has 1 rings (SSSR count). The van der Waals surface area contributed by atoms with Gasteiger partial charge in [-0.2, -0.15) is 0 Å². The molecule has 0 aliphatic carbocycles. The molecule has 2 nitrogen and oxygen atoms in total. The van der Waals surface area contributed by atoms with E-state index in [0.29, 0.717) is 17.4 Å². The minimum absolute atomic E-state index is 0.0922. The van der Waals surface area contributed by atoms with E-state index in [1.807, 2.05) is 0 Å². The van der Waals surface area contributed by atoms with Gasteiger partial charge in [0, 0.05) is 11.4 Å². The standard InChI is InChI=1S/C13H17F2NOS/c1-9(2)5-6-16-13(17)8-18-10-3-4-11(14)12(15)7-10/h3-4,7,9H,5-6,8H2,1-2H3,(H,16,17). The van der Waals surface area contributed by atoms with Crippen LogP contribution in [-0.2, 0) is 4.79 Å². The summed E-state index contributed by atoms with van der Waals surface area (Å²) in [5, 5.41) is 2.78. The normalized spacial score (nSPS) is 10.7. The lowest BCUT2D eigenvalue weighted by Crippen LogP contribution is -2.26. The lowest BCUT2D eigenvalue weighted by Gasteiger charge is -2.07. The van der Waals surface area contributed by atoms with E-state index >= 15 is 0 Å². The molecule has 5 heteroatoms. The predicted octanol–water partition coefficient (Wildman–Crippen LogP) is 3.22. The maximum absolute atomic E-state index is 12.9. The molecule has 1 aromatic rings. The van der Waals surface area contributed by atoms with Crippen LogP contribution in [0.1, 0.15) is 20.3 Å². The van der Waals surface area contributed by atoms with E-state index < -0.39 is 11.6 Å². The summed E-state index contributed by atoms with van der Waals surface area (Å²) in [4.78, 5) is 12.0. The molecule has 0 heterocycles. The first-order chi connectivity index (χ1) is 8.49. The molecule has 0 aliphatic heterocycles. The van der Waals surface area contributed by atoms with Crippen molar-refractivity contribution in [3.8, 4) is 0 Å². The van der Waals surface area contributed by atoms with Crippen LogP contribution in [0.25, 0.3) is 0 Å². The summed E-state index contributed by atoms with van der Waals surface area (Å²) < 4.78 is 25.6. The smallest absolute Gasteiger partial charge is 0.230 e. The summed E-state index contributed by atoms with van der Waals surface area (Å²) in [6, 6.07) is 3.63. The minimum Gasteiger partial charge on any atom is -0.355 e. The summed E-state index contributed by atoms with van der Waals surface area (Å²) in [6.45, 7) is 4.82. The highest BCUT2D eigenvalue weighted by atomic mass is 32.2. The SMILES string of the molecule is CC(C)CCNC(=O)CSc1ccc(F)c(F)c1. The molecule has 0 bridgehead atoms. The van der Waals surface area contributed by atoms with E-state index in [9.17, 15) is 13.6 Å². The van der Waals surface area contributed by atoms with Gasteiger partial charge in [-0.25, -0.2) is 8.78 Å².